The van der Waals surface area contributed by atoms with E-state index >= 15 is 0 Å². The molecule has 0 saturated heterocycles. The van der Waals surface area contributed by atoms with Crippen molar-refractivity contribution in [3.05, 3.63) is 40.7 Å². The minimum absolute atomic E-state index is 0.432. The Morgan fingerprint density at radius 1 is 1.10 bits per heavy atom. The largest absolute Gasteiger partial charge is 0.478 e. The highest BCUT2D eigenvalue weighted by molar-refractivity contribution is 6.30. The second-order valence-corrected chi connectivity index (χ2v) is 4.93. The Balaban J connectivity index is 2.30. The maximum Gasteiger partial charge on any atom is 0.261 e. The fraction of sp³-hybridized carbons (Fsp3) is 0.214. The van der Waals surface area contributed by atoms with Gasteiger partial charge in [-0.1, -0.05) is 11.6 Å². The highest BCUT2D eigenvalue weighted by atomic mass is 35.5. The normalized spacial score (nSPS) is 11.0. The molecule has 0 spiro atoms. The van der Waals surface area contributed by atoms with E-state index in [2.05, 4.69) is 15.3 Å². The van der Waals surface area contributed by atoms with E-state index in [-0.39, 0.29) is 0 Å². The van der Waals surface area contributed by atoms with Crippen molar-refractivity contribution in [3.63, 3.8) is 0 Å². The van der Waals surface area contributed by atoms with Gasteiger partial charge in [-0.25, -0.2) is 4.68 Å². The van der Waals surface area contributed by atoms with Gasteiger partial charge in [0.1, 0.15) is 0 Å². The number of benzene rings is 1. The first-order chi connectivity index (χ1) is 9.61. The van der Waals surface area contributed by atoms with Gasteiger partial charge in [-0.2, -0.15) is 10.2 Å². The van der Waals surface area contributed by atoms with Crippen molar-refractivity contribution < 1.29 is 4.74 Å². The average Bonchev–Trinajstić information content (AvgIpc) is 2.79. The molecule has 5 nitrogen and oxygen atoms in total. The molecule has 0 radical (unpaired) electrons. The molecular formula is C14H13ClN4O. The number of halogens is 1. The van der Waals surface area contributed by atoms with E-state index in [1.807, 2.05) is 42.8 Å². The van der Waals surface area contributed by atoms with Crippen LogP contribution in [0.2, 0.25) is 5.02 Å². The first kappa shape index (κ1) is 12.9. The zero-order chi connectivity index (χ0) is 14.3. The van der Waals surface area contributed by atoms with Gasteiger partial charge in [0, 0.05) is 5.02 Å². The van der Waals surface area contributed by atoms with Crippen LogP contribution < -0.4 is 4.74 Å². The summed E-state index contributed by atoms with van der Waals surface area (Å²) in [5.74, 6) is 0.432. The zero-order valence-corrected chi connectivity index (χ0v) is 12.1. The molecule has 0 unspecified atom stereocenters. The first-order valence-electron chi connectivity index (χ1n) is 6.14. The third-order valence-corrected chi connectivity index (χ3v) is 3.49. The summed E-state index contributed by atoms with van der Waals surface area (Å²) >= 11 is 5.92. The van der Waals surface area contributed by atoms with Crippen LogP contribution in [-0.2, 0) is 0 Å². The van der Waals surface area contributed by atoms with Crippen LogP contribution in [0.3, 0.4) is 0 Å². The van der Waals surface area contributed by atoms with Gasteiger partial charge in [0.25, 0.3) is 5.88 Å². The number of hydrogen-bond donors (Lipinski definition) is 0. The van der Waals surface area contributed by atoms with E-state index in [9.17, 15) is 0 Å². The van der Waals surface area contributed by atoms with Gasteiger partial charge in [0.2, 0.25) is 0 Å². The smallest absolute Gasteiger partial charge is 0.261 e. The number of hydrogen-bond acceptors (Lipinski definition) is 4. The minimum Gasteiger partial charge on any atom is -0.478 e. The molecule has 2 heterocycles. The highest BCUT2D eigenvalue weighted by Gasteiger charge is 2.17. The van der Waals surface area contributed by atoms with E-state index in [0.717, 1.165) is 22.5 Å². The number of aryl methyl sites for hydroxylation is 2. The Morgan fingerprint density at radius 2 is 1.80 bits per heavy atom. The molecule has 0 N–H and O–H groups in total. The molecule has 2 aromatic heterocycles. The van der Waals surface area contributed by atoms with Crippen LogP contribution in [0, 0.1) is 13.8 Å². The maximum atomic E-state index is 5.92. The quantitative estimate of drug-likeness (QED) is 0.727. The van der Waals surface area contributed by atoms with Gasteiger partial charge < -0.3 is 4.74 Å². The molecule has 0 atom stereocenters. The predicted octanol–water partition coefficient (Wildman–Crippen LogP) is 3.09. The Bertz CT molecular complexity index is 780. The number of ether oxygens (including phenoxy) is 1. The average molecular weight is 289 g/mol. The van der Waals surface area contributed by atoms with Crippen LogP contribution in [0.1, 0.15) is 11.4 Å². The Kier molecular flexibility index (Phi) is 3.06. The fourth-order valence-electron chi connectivity index (χ4n) is 2.27. The van der Waals surface area contributed by atoms with E-state index in [1.54, 1.807) is 7.11 Å². The van der Waals surface area contributed by atoms with Crippen LogP contribution in [0.4, 0.5) is 0 Å². The van der Waals surface area contributed by atoms with E-state index in [1.165, 1.54) is 0 Å². The van der Waals surface area contributed by atoms with Gasteiger partial charge >= 0.3 is 0 Å². The number of rotatable bonds is 2. The standard InChI is InChI=1S/C14H13ClN4O/c1-8-12-9(2)19(11-6-4-10(15)5-7-11)18-13(12)14(20-3)17-16-8/h4-7H,1-3H3. The monoisotopic (exact) mass is 288 g/mol. The van der Waals surface area contributed by atoms with Crippen molar-refractivity contribution in [2.45, 2.75) is 13.8 Å². The molecule has 0 amide bonds. The Hall–Kier alpha value is -2.14. The SMILES string of the molecule is COc1nnc(C)c2c(C)n(-c3ccc(Cl)cc3)nc12. The molecule has 3 aromatic rings. The van der Waals surface area contributed by atoms with E-state index in [0.29, 0.717) is 16.4 Å². The number of nitrogens with zero attached hydrogens (tertiary/aromatic N) is 4. The third-order valence-electron chi connectivity index (χ3n) is 3.24. The molecule has 0 aliphatic rings. The van der Waals surface area contributed by atoms with Crippen LogP contribution >= 0.6 is 11.6 Å². The van der Waals surface area contributed by atoms with Crippen molar-refractivity contribution >= 4 is 22.5 Å². The summed E-state index contributed by atoms with van der Waals surface area (Å²) in [6, 6.07) is 7.51. The van der Waals surface area contributed by atoms with Gasteiger partial charge in [-0.3, -0.25) is 0 Å². The summed E-state index contributed by atoms with van der Waals surface area (Å²) in [6.45, 7) is 3.91. The summed E-state index contributed by atoms with van der Waals surface area (Å²) in [7, 11) is 1.56. The van der Waals surface area contributed by atoms with Crippen molar-refractivity contribution in [2.24, 2.45) is 0 Å². The lowest BCUT2D eigenvalue weighted by Gasteiger charge is -2.03. The van der Waals surface area contributed by atoms with Crippen LogP contribution in [0.25, 0.3) is 16.6 Å². The van der Waals surface area contributed by atoms with Gasteiger partial charge in [-0.15, -0.1) is 5.10 Å². The van der Waals surface area contributed by atoms with Gasteiger partial charge in [0.05, 0.1) is 29.6 Å². The fourth-order valence-corrected chi connectivity index (χ4v) is 2.40. The predicted molar refractivity (Wildman–Crippen MR) is 77.7 cm³/mol. The second kappa shape index (κ2) is 4.76. The number of aromatic nitrogens is 4. The number of methoxy groups -OCH3 is 1. The van der Waals surface area contributed by atoms with E-state index in [4.69, 9.17) is 16.3 Å². The molecule has 20 heavy (non-hydrogen) atoms. The number of fused-ring (bicyclic) bond motifs is 1. The Morgan fingerprint density at radius 3 is 2.45 bits per heavy atom. The van der Waals surface area contributed by atoms with Crippen LogP contribution in [-0.4, -0.2) is 27.1 Å². The summed E-state index contributed by atoms with van der Waals surface area (Å²) < 4.78 is 7.08. The molecule has 0 aliphatic heterocycles. The van der Waals surface area contributed by atoms with E-state index < -0.39 is 0 Å². The molecule has 0 bridgehead atoms. The molecule has 3 rings (SSSR count). The molecule has 0 fully saturated rings. The third kappa shape index (κ3) is 1.91. The topological polar surface area (TPSA) is 52.8 Å². The zero-order valence-electron chi connectivity index (χ0n) is 11.4. The van der Waals surface area contributed by atoms with Crippen molar-refractivity contribution in [1.82, 2.24) is 20.0 Å². The van der Waals surface area contributed by atoms with Gasteiger partial charge in [-0.05, 0) is 38.1 Å². The molecule has 102 valence electrons. The molecule has 0 aliphatic carbocycles. The lowest BCUT2D eigenvalue weighted by atomic mass is 10.2. The molecule has 0 saturated carbocycles. The summed E-state index contributed by atoms with van der Waals surface area (Å²) in [6.07, 6.45) is 0. The highest BCUT2D eigenvalue weighted by Crippen LogP contribution is 2.28. The summed E-state index contributed by atoms with van der Waals surface area (Å²) in [5.41, 5.74) is 3.48. The van der Waals surface area contributed by atoms with Crippen LogP contribution in [0.15, 0.2) is 24.3 Å². The van der Waals surface area contributed by atoms with Crippen molar-refractivity contribution in [1.29, 1.82) is 0 Å². The summed E-state index contributed by atoms with van der Waals surface area (Å²) in [5, 5.41) is 14.4. The lowest BCUT2D eigenvalue weighted by molar-refractivity contribution is 0.396. The Labute approximate surface area is 121 Å². The minimum atomic E-state index is 0.432. The maximum absolute atomic E-state index is 5.92. The van der Waals surface area contributed by atoms with Crippen molar-refractivity contribution in [2.75, 3.05) is 7.11 Å². The first-order valence-corrected chi connectivity index (χ1v) is 6.52. The second-order valence-electron chi connectivity index (χ2n) is 4.49. The van der Waals surface area contributed by atoms with Crippen molar-refractivity contribution in [3.8, 4) is 11.6 Å². The molecule has 1 aromatic carbocycles. The lowest BCUT2D eigenvalue weighted by Crippen LogP contribution is -1.98. The van der Waals surface area contributed by atoms with Gasteiger partial charge in [0.15, 0.2) is 5.52 Å². The van der Waals surface area contributed by atoms with Crippen LogP contribution in [0.5, 0.6) is 5.88 Å². The summed E-state index contributed by atoms with van der Waals surface area (Å²) in [4.78, 5) is 0. The molecular weight excluding hydrogens is 276 g/mol. The molecule has 6 heteroatoms.